The van der Waals surface area contributed by atoms with Gasteiger partial charge in [-0.2, -0.15) is 0 Å². The quantitative estimate of drug-likeness (QED) is 0.558. The summed E-state index contributed by atoms with van der Waals surface area (Å²) in [5, 5.41) is 18.2. The van der Waals surface area contributed by atoms with Crippen LogP contribution in [0.15, 0.2) is 12.1 Å². The lowest BCUT2D eigenvalue weighted by Crippen LogP contribution is -2.25. The first kappa shape index (κ1) is 23.1. The Morgan fingerprint density at radius 3 is 1.71 bits per heavy atom. The third kappa shape index (κ3) is 6.21. The van der Waals surface area contributed by atoms with Crippen LogP contribution >= 0.6 is 0 Å². The first-order valence-corrected chi connectivity index (χ1v) is 11.2. The minimum atomic E-state index is -0.719. The third-order valence-electron chi connectivity index (χ3n) is 6.78. The first-order chi connectivity index (χ1) is 14.9. The summed E-state index contributed by atoms with van der Waals surface area (Å²) in [6.45, 7) is 2.90. The number of benzene rings is 1. The predicted octanol–water partition coefficient (Wildman–Crippen LogP) is 4.35. The van der Waals surface area contributed by atoms with E-state index in [4.69, 9.17) is 19.7 Å². The van der Waals surface area contributed by atoms with E-state index in [0.717, 1.165) is 37.5 Å². The van der Waals surface area contributed by atoms with E-state index in [1.807, 2.05) is 13.0 Å². The minimum absolute atomic E-state index is 0.240. The Hall–Kier alpha value is -2.57. The molecule has 2 aliphatic carbocycles. The molecule has 0 atom stereocenters. The van der Waals surface area contributed by atoms with Crippen molar-refractivity contribution < 1.29 is 34.1 Å². The van der Waals surface area contributed by atoms with Gasteiger partial charge < -0.3 is 19.7 Å². The lowest BCUT2D eigenvalue weighted by Gasteiger charge is -2.27. The standard InChI is InChI=1S/C24H32O7/c1-15-10-22(31-14-17-4-8-19(9-5-17)24(28)29)20(12-25)11-21(15)30-13-16-2-6-18(7-3-16)23(26)27/h10-12,16-19H,2-9,13-14H2,1H3,(H,26,27)(H,28,29). The van der Waals surface area contributed by atoms with Crippen molar-refractivity contribution in [3.63, 3.8) is 0 Å². The first-order valence-electron chi connectivity index (χ1n) is 11.2. The van der Waals surface area contributed by atoms with E-state index in [-0.39, 0.29) is 11.8 Å². The summed E-state index contributed by atoms with van der Waals surface area (Å²) in [5.74, 6) is -0.118. The van der Waals surface area contributed by atoms with E-state index >= 15 is 0 Å². The highest BCUT2D eigenvalue weighted by Crippen LogP contribution is 2.33. The van der Waals surface area contributed by atoms with Gasteiger partial charge in [-0.3, -0.25) is 14.4 Å². The van der Waals surface area contributed by atoms with Crippen LogP contribution in [0, 0.1) is 30.6 Å². The maximum Gasteiger partial charge on any atom is 0.306 e. The lowest BCUT2D eigenvalue weighted by molar-refractivity contribution is -0.144. The fraction of sp³-hybridized carbons (Fsp3) is 0.625. The molecule has 1 aromatic rings. The van der Waals surface area contributed by atoms with E-state index in [1.54, 1.807) is 6.07 Å². The monoisotopic (exact) mass is 432 g/mol. The van der Waals surface area contributed by atoms with Crippen LogP contribution in [0.3, 0.4) is 0 Å². The molecule has 3 rings (SSSR count). The van der Waals surface area contributed by atoms with Crippen molar-refractivity contribution in [2.45, 2.75) is 58.3 Å². The van der Waals surface area contributed by atoms with Gasteiger partial charge in [-0.1, -0.05) is 0 Å². The normalized spacial score (nSPS) is 26.1. The largest absolute Gasteiger partial charge is 0.493 e. The van der Waals surface area contributed by atoms with Crippen molar-refractivity contribution in [3.8, 4) is 11.5 Å². The SMILES string of the molecule is Cc1cc(OCC2CCC(C(=O)O)CC2)c(C=O)cc1OCC1CCC(C(=O)O)CC1. The van der Waals surface area contributed by atoms with E-state index in [9.17, 15) is 14.4 Å². The van der Waals surface area contributed by atoms with Crippen molar-refractivity contribution in [3.05, 3.63) is 23.3 Å². The van der Waals surface area contributed by atoms with Gasteiger partial charge in [0.2, 0.25) is 0 Å². The molecule has 170 valence electrons. The second-order valence-corrected chi connectivity index (χ2v) is 9.01. The number of carbonyl (C=O) groups excluding carboxylic acids is 1. The number of carbonyl (C=O) groups is 3. The average Bonchev–Trinajstić information content (AvgIpc) is 2.77. The van der Waals surface area contributed by atoms with Gasteiger partial charge in [0.05, 0.1) is 30.6 Å². The maximum absolute atomic E-state index is 11.6. The van der Waals surface area contributed by atoms with Crippen LogP contribution in [-0.4, -0.2) is 41.7 Å². The number of hydrogen-bond donors (Lipinski definition) is 2. The molecule has 2 aliphatic rings. The van der Waals surface area contributed by atoms with E-state index in [2.05, 4.69) is 0 Å². The summed E-state index contributed by atoms with van der Waals surface area (Å²) in [6.07, 6.45) is 6.78. The number of carboxylic acids is 2. The summed E-state index contributed by atoms with van der Waals surface area (Å²) < 4.78 is 11.9. The third-order valence-corrected chi connectivity index (χ3v) is 6.78. The number of aldehydes is 1. The number of aryl methyl sites for hydroxylation is 1. The molecule has 0 amide bonds. The number of rotatable bonds is 9. The van der Waals surface area contributed by atoms with Crippen LogP contribution in [0.25, 0.3) is 0 Å². The molecule has 0 saturated heterocycles. The summed E-state index contributed by atoms with van der Waals surface area (Å²) in [4.78, 5) is 33.8. The minimum Gasteiger partial charge on any atom is -0.493 e. The second-order valence-electron chi connectivity index (χ2n) is 9.01. The Labute approximate surface area is 182 Å². The Morgan fingerprint density at radius 2 is 1.29 bits per heavy atom. The number of ether oxygens (including phenoxy) is 2. The van der Waals surface area contributed by atoms with Crippen molar-refractivity contribution in [2.24, 2.45) is 23.7 Å². The highest BCUT2D eigenvalue weighted by atomic mass is 16.5. The Morgan fingerprint density at radius 1 is 0.839 bits per heavy atom. The molecule has 1 aromatic carbocycles. The van der Waals surface area contributed by atoms with Crippen molar-refractivity contribution in [1.29, 1.82) is 0 Å². The second kappa shape index (κ2) is 10.6. The van der Waals surface area contributed by atoms with Gasteiger partial charge in [-0.15, -0.1) is 0 Å². The molecule has 0 aromatic heterocycles. The molecule has 0 spiro atoms. The van der Waals surface area contributed by atoms with Gasteiger partial charge in [0.15, 0.2) is 6.29 Å². The Balaban J connectivity index is 1.52. The van der Waals surface area contributed by atoms with Gasteiger partial charge in [0, 0.05) is 0 Å². The predicted molar refractivity (Wildman–Crippen MR) is 114 cm³/mol. The molecule has 2 fully saturated rings. The number of hydrogen-bond acceptors (Lipinski definition) is 5. The van der Waals surface area contributed by atoms with Crippen LogP contribution in [0.1, 0.15) is 67.3 Å². The van der Waals surface area contributed by atoms with Crippen LogP contribution in [0.5, 0.6) is 11.5 Å². The van der Waals surface area contributed by atoms with Crippen molar-refractivity contribution in [1.82, 2.24) is 0 Å². The Kier molecular flexibility index (Phi) is 7.93. The molecule has 0 bridgehead atoms. The highest BCUT2D eigenvalue weighted by molar-refractivity contribution is 5.80. The lowest BCUT2D eigenvalue weighted by atomic mass is 9.82. The zero-order chi connectivity index (χ0) is 22.4. The molecule has 0 unspecified atom stereocenters. The van der Waals surface area contributed by atoms with Gasteiger partial charge in [0.25, 0.3) is 0 Å². The van der Waals surface area contributed by atoms with Gasteiger partial charge in [0.1, 0.15) is 11.5 Å². The summed E-state index contributed by atoms with van der Waals surface area (Å²) >= 11 is 0. The molecule has 7 heteroatoms. The van der Waals surface area contributed by atoms with Crippen LogP contribution in [0.2, 0.25) is 0 Å². The molecule has 2 N–H and O–H groups in total. The number of carboxylic acid groups (broad SMARTS) is 2. The fourth-order valence-electron chi connectivity index (χ4n) is 4.62. The topological polar surface area (TPSA) is 110 Å². The molecule has 0 heterocycles. The molecule has 2 saturated carbocycles. The zero-order valence-electron chi connectivity index (χ0n) is 18.0. The fourth-order valence-corrected chi connectivity index (χ4v) is 4.62. The highest BCUT2D eigenvalue weighted by Gasteiger charge is 2.27. The zero-order valence-corrected chi connectivity index (χ0v) is 18.0. The maximum atomic E-state index is 11.6. The van der Waals surface area contributed by atoms with Crippen molar-refractivity contribution in [2.75, 3.05) is 13.2 Å². The molecular formula is C24H32O7. The molecule has 0 radical (unpaired) electrons. The molecule has 7 nitrogen and oxygen atoms in total. The summed E-state index contributed by atoms with van der Waals surface area (Å²) in [5.41, 5.74) is 1.32. The van der Waals surface area contributed by atoms with Crippen LogP contribution < -0.4 is 9.47 Å². The van der Waals surface area contributed by atoms with Crippen LogP contribution in [0.4, 0.5) is 0 Å². The van der Waals surface area contributed by atoms with Gasteiger partial charge in [-0.25, -0.2) is 0 Å². The molecule has 31 heavy (non-hydrogen) atoms. The van der Waals surface area contributed by atoms with Gasteiger partial charge >= 0.3 is 11.9 Å². The van der Waals surface area contributed by atoms with E-state index < -0.39 is 11.9 Å². The summed E-state index contributed by atoms with van der Waals surface area (Å²) in [6, 6.07) is 3.53. The van der Waals surface area contributed by atoms with Crippen molar-refractivity contribution >= 4 is 18.2 Å². The van der Waals surface area contributed by atoms with E-state index in [0.29, 0.717) is 67.8 Å². The van der Waals surface area contributed by atoms with Crippen LogP contribution in [-0.2, 0) is 9.59 Å². The number of aliphatic carboxylic acids is 2. The summed E-state index contributed by atoms with van der Waals surface area (Å²) in [7, 11) is 0. The average molecular weight is 433 g/mol. The van der Waals surface area contributed by atoms with Gasteiger partial charge in [-0.05, 0) is 87.8 Å². The smallest absolute Gasteiger partial charge is 0.306 e. The Bertz CT molecular complexity index is 787. The molecule has 0 aliphatic heterocycles. The van der Waals surface area contributed by atoms with E-state index in [1.165, 1.54) is 0 Å². The molecular weight excluding hydrogens is 400 g/mol.